The number of hydrogen-bond donors (Lipinski definition) is 0. The summed E-state index contributed by atoms with van der Waals surface area (Å²) in [5.74, 6) is 2.39. The molecule has 4 heteroatoms. The van der Waals surface area contributed by atoms with E-state index in [1.807, 2.05) is 17.0 Å². The van der Waals surface area contributed by atoms with Crippen LogP contribution >= 0.6 is 23.2 Å². The molecule has 1 saturated carbocycles. The molecule has 1 saturated heterocycles. The summed E-state index contributed by atoms with van der Waals surface area (Å²) in [6.45, 7) is 9.97. The van der Waals surface area contributed by atoms with Crippen molar-refractivity contribution in [1.82, 2.24) is 4.90 Å². The monoisotopic (exact) mass is 433 g/mol. The van der Waals surface area contributed by atoms with Crippen molar-refractivity contribution in [2.75, 3.05) is 13.1 Å². The lowest BCUT2D eigenvalue weighted by Crippen LogP contribution is -2.36. The van der Waals surface area contributed by atoms with Crippen LogP contribution in [-0.2, 0) is 4.79 Å². The van der Waals surface area contributed by atoms with Gasteiger partial charge in [-0.15, -0.1) is 0 Å². The number of halogens is 2. The van der Waals surface area contributed by atoms with Crippen LogP contribution < -0.4 is 0 Å². The first-order valence-corrected chi connectivity index (χ1v) is 11.6. The predicted molar refractivity (Wildman–Crippen MR) is 123 cm³/mol. The Morgan fingerprint density at radius 1 is 1.21 bits per heavy atom. The predicted octanol–water partition coefficient (Wildman–Crippen LogP) is 7.04. The van der Waals surface area contributed by atoms with Gasteiger partial charge in [-0.25, -0.2) is 0 Å². The number of rotatable bonds is 5. The number of fused-ring (bicyclic) bond motifs is 1. The summed E-state index contributed by atoms with van der Waals surface area (Å²) < 4.78 is 0. The number of carbonyl (C=O) groups excluding carboxylic acids is 1. The second-order valence-electron chi connectivity index (χ2n) is 8.84. The van der Waals surface area contributed by atoms with Crippen molar-refractivity contribution >= 4 is 29.1 Å². The average molecular weight is 434 g/mol. The third-order valence-corrected chi connectivity index (χ3v) is 7.66. The molecule has 2 aliphatic rings. The molecule has 0 N–H and O–H groups in total. The highest BCUT2D eigenvalue weighted by Crippen LogP contribution is 2.52. The first-order valence-electron chi connectivity index (χ1n) is 10.9. The van der Waals surface area contributed by atoms with Gasteiger partial charge in [0.1, 0.15) is 0 Å². The number of carbonyl (C=O) groups is 1. The number of benzene rings is 1. The maximum atomic E-state index is 12.1. The van der Waals surface area contributed by atoms with Gasteiger partial charge in [0.2, 0.25) is 5.91 Å². The van der Waals surface area contributed by atoms with Crippen LogP contribution in [0.25, 0.3) is 0 Å². The fraction of sp³-hybridized carbons (Fsp3) is 0.560. The van der Waals surface area contributed by atoms with Gasteiger partial charge in [-0.3, -0.25) is 4.79 Å². The van der Waals surface area contributed by atoms with E-state index in [1.165, 1.54) is 17.6 Å². The first kappa shape index (κ1) is 22.4. The molecule has 0 spiro atoms. The van der Waals surface area contributed by atoms with Gasteiger partial charge < -0.3 is 4.90 Å². The number of likely N-dealkylation sites (tertiary alicyclic amines) is 1. The van der Waals surface area contributed by atoms with Crippen LogP contribution in [-0.4, -0.2) is 23.9 Å². The Morgan fingerprint density at radius 3 is 2.52 bits per heavy atom. The first-order chi connectivity index (χ1) is 13.8. The molecule has 1 heterocycles. The van der Waals surface area contributed by atoms with E-state index in [-0.39, 0.29) is 11.8 Å². The van der Waals surface area contributed by atoms with Crippen LogP contribution in [0, 0.1) is 23.7 Å². The Kier molecular flexibility index (Phi) is 7.51. The molecule has 0 aromatic heterocycles. The molecule has 1 aliphatic carbocycles. The molecule has 1 amide bonds. The van der Waals surface area contributed by atoms with E-state index in [0.717, 1.165) is 36.0 Å². The van der Waals surface area contributed by atoms with Crippen LogP contribution in [0.3, 0.4) is 0 Å². The summed E-state index contributed by atoms with van der Waals surface area (Å²) in [5, 5.41) is 1.71. The van der Waals surface area contributed by atoms with E-state index < -0.39 is 0 Å². The maximum Gasteiger partial charge on any atom is 0.219 e. The van der Waals surface area contributed by atoms with Crippen molar-refractivity contribution in [2.45, 2.75) is 52.9 Å². The standard InChI is InChI=1S/C25H33Cl2NO/c1-5-6-16(2)13-24(27)17(3)22-12-9-20-14-28(18(4)29)15-23(20)25(22)19-7-10-21(26)11-8-19/h6-8,10-11,13,17,20,22-23,25H,5,9,12,14-15H2,1-4H3/b16-6-,24-13+. The van der Waals surface area contributed by atoms with Crippen molar-refractivity contribution in [3.05, 3.63) is 57.6 Å². The third kappa shape index (κ3) is 5.09. The molecular weight excluding hydrogens is 401 g/mol. The highest BCUT2D eigenvalue weighted by atomic mass is 35.5. The maximum absolute atomic E-state index is 12.1. The molecular formula is C25H33Cl2NO. The van der Waals surface area contributed by atoms with Crippen molar-refractivity contribution in [2.24, 2.45) is 23.7 Å². The van der Waals surface area contributed by atoms with Crippen LogP contribution in [0.15, 0.2) is 47.0 Å². The quantitative estimate of drug-likeness (QED) is 0.455. The highest BCUT2D eigenvalue weighted by molar-refractivity contribution is 6.30. The van der Waals surface area contributed by atoms with Crippen LogP contribution in [0.4, 0.5) is 0 Å². The average Bonchev–Trinajstić information content (AvgIpc) is 3.12. The molecule has 3 rings (SSSR count). The van der Waals surface area contributed by atoms with Crippen molar-refractivity contribution in [1.29, 1.82) is 0 Å². The molecule has 158 valence electrons. The number of amides is 1. The normalized spacial score (nSPS) is 29.0. The van der Waals surface area contributed by atoms with E-state index in [1.54, 1.807) is 6.92 Å². The summed E-state index contributed by atoms with van der Waals surface area (Å²) in [6, 6.07) is 8.33. The largest absolute Gasteiger partial charge is 0.342 e. The Morgan fingerprint density at radius 2 is 1.90 bits per heavy atom. The zero-order chi connectivity index (χ0) is 21.1. The third-order valence-electron chi connectivity index (χ3n) is 6.95. The Hall–Kier alpha value is -1.25. The minimum Gasteiger partial charge on any atom is -0.342 e. The molecule has 0 radical (unpaired) electrons. The molecule has 0 bridgehead atoms. The minimum atomic E-state index is 0.192. The summed E-state index contributed by atoms with van der Waals surface area (Å²) in [5.41, 5.74) is 2.56. The lowest BCUT2D eigenvalue weighted by atomic mass is 9.62. The van der Waals surface area contributed by atoms with Gasteiger partial charge in [0.05, 0.1) is 0 Å². The van der Waals surface area contributed by atoms with Crippen molar-refractivity contribution in [3.8, 4) is 0 Å². The van der Waals surface area contributed by atoms with E-state index >= 15 is 0 Å². The molecule has 29 heavy (non-hydrogen) atoms. The Balaban J connectivity index is 1.93. The SMILES string of the molecule is CC/C=C(C)\C=C(\Cl)C(C)C1CCC2CN(C(C)=O)CC2C1c1ccc(Cl)cc1. The molecule has 2 fully saturated rings. The van der Waals surface area contributed by atoms with Crippen molar-refractivity contribution in [3.63, 3.8) is 0 Å². The Bertz CT molecular complexity index is 783. The lowest BCUT2D eigenvalue weighted by Gasteiger charge is -2.42. The topological polar surface area (TPSA) is 20.3 Å². The number of nitrogens with zero attached hydrogens (tertiary/aromatic N) is 1. The van der Waals surface area contributed by atoms with Gasteiger partial charge in [-0.05, 0) is 79.5 Å². The molecule has 5 unspecified atom stereocenters. The molecule has 1 aliphatic heterocycles. The fourth-order valence-corrected chi connectivity index (χ4v) is 5.90. The van der Waals surface area contributed by atoms with Crippen molar-refractivity contribution < 1.29 is 4.79 Å². The van der Waals surface area contributed by atoms with E-state index in [2.05, 4.69) is 45.1 Å². The van der Waals surface area contributed by atoms with Gasteiger partial charge in [0.25, 0.3) is 0 Å². The molecule has 5 atom stereocenters. The smallest absolute Gasteiger partial charge is 0.219 e. The van der Waals surface area contributed by atoms with Gasteiger partial charge in [0, 0.05) is 30.1 Å². The van der Waals surface area contributed by atoms with Crippen LogP contribution in [0.5, 0.6) is 0 Å². The molecule has 1 aromatic carbocycles. The van der Waals surface area contributed by atoms with E-state index in [9.17, 15) is 4.79 Å². The minimum absolute atomic E-state index is 0.192. The second kappa shape index (κ2) is 9.71. The van der Waals surface area contributed by atoms with Gasteiger partial charge >= 0.3 is 0 Å². The van der Waals surface area contributed by atoms with Crippen LogP contribution in [0.2, 0.25) is 5.02 Å². The number of allylic oxidation sites excluding steroid dienone is 4. The van der Waals surface area contributed by atoms with E-state index in [4.69, 9.17) is 23.2 Å². The van der Waals surface area contributed by atoms with Gasteiger partial charge in [-0.2, -0.15) is 0 Å². The van der Waals surface area contributed by atoms with Gasteiger partial charge in [-0.1, -0.05) is 60.8 Å². The summed E-state index contributed by atoms with van der Waals surface area (Å²) in [6.07, 6.45) is 7.67. The number of hydrogen-bond acceptors (Lipinski definition) is 1. The second-order valence-corrected chi connectivity index (χ2v) is 9.71. The summed E-state index contributed by atoms with van der Waals surface area (Å²) in [7, 11) is 0. The molecule has 1 aromatic rings. The fourth-order valence-electron chi connectivity index (χ4n) is 5.44. The highest BCUT2D eigenvalue weighted by Gasteiger charge is 2.47. The summed E-state index contributed by atoms with van der Waals surface area (Å²) in [4.78, 5) is 14.1. The molecule has 2 nitrogen and oxygen atoms in total. The zero-order valence-corrected chi connectivity index (χ0v) is 19.5. The lowest BCUT2D eigenvalue weighted by molar-refractivity contribution is -0.128. The zero-order valence-electron chi connectivity index (χ0n) is 18.0. The van der Waals surface area contributed by atoms with Gasteiger partial charge in [0.15, 0.2) is 0 Å². The van der Waals surface area contributed by atoms with Crippen LogP contribution in [0.1, 0.15) is 58.4 Å². The van der Waals surface area contributed by atoms with E-state index in [0.29, 0.717) is 23.7 Å². The Labute approximate surface area is 186 Å². The summed E-state index contributed by atoms with van der Waals surface area (Å²) >= 11 is 13.0.